The van der Waals surface area contributed by atoms with E-state index in [1.165, 1.54) is 18.3 Å². The summed E-state index contributed by atoms with van der Waals surface area (Å²) in [5, 5.41) is 5.37. The molecule has 0 saturated carbocycles. The summed E-state index contributed by atoms with van der Waals surface area (Å²) in [5.74, 6) is 7.36. The summed E-state index contributed by atoms with van der Waals surface area (Å²) in [6.07, 6.45) is 1.66. The molecule has 1 amide bonds. The lowest BCUT2D eigenvalue weighted by Crippen LogP contribution is -2.28. The van der Waals surface area contributed by atoms with E-state index in [-0.39, 0.29) is 11.9 Å². The van der Waals surface area contributed by atoms with Gasteiger partial charge in [0.25, 0.3) is 5.19 Å². The second kappa shape index (κ2) is 7.89. The summed E-state index contributed by atoms with van der Waals surface area (Å²) >= 11 is 1.36. The van der Waals surface area contributed by atoms with Crippen molar-refractivity contribution in [3.63, 3.8) is 0 Å². The fraction of sp³-hybridized carbons (Fsp3) is 0.200. The van der Waals surface area contributed by atoms with Crippen molar-refractivity contribution in [3.05, 3.63) is 47.5 Å². The average Bonchev–Trinajstić information content (AvgIpc) is 3.06. The topological polar surface area (TPSA) is 60.5 Å². The number of fused-ring (bicyclic) bond motifs is 1. The third kappa shape index (κ3) is 4.52. The van der Waals surface area contributed by atoms with Crippen LogP contribution < -0.4 is 14.8 Å². The Kier molecular flexibility index (Phi) is 5.40. The van der Waals surface area contributed by atoms with Crippen molar-refractivity contribution in [1.29, 1.82) is 0 Å². The largest absolute Gasteiger partial charge is 0.497 e. The molecule has 0 bridgehead atoms. The van der Waals surface area contributed by atoms with Gasteiger partial charge >= 0.3 is 0 Å². The first kappa shape index (κ1) is 17.8. The van der Waals surface area contributed by atoms with Crippen LogP contribution in [0.4, 0.5) is 0 Å². The molecule has 0 radical (unpaired) electrons. The third-order valence-corrected chi connectivity index (χ3v) is 4.33. The average molecular weight is 366 g/mol. The zero-order valence-corrected chi connectivity index (χ0v) is 15.5. The SMILES string of the molecule is COc1ccc2ccc(Oc3ncc(C#CC(C)NC(C)=O)s3)cc2c1. The zero-order chi connectivity index (χ0) is 18.5. The molecule has 1 unspecified atom stereocenters. The van der Waals surface area contributed by atoms with E-state index in [9.17, 15) is 4.79 Å². The van der Waals surface area contributed by atoms with Gasteiger partial charge in [-0.1, -0.05) is 35.3 Å². The maximum Gasteiger partial charge on any atom is 0.279 e. The summed E-state index contributed by atoms with van der Waals surface area (Å²) in [5.41, 5.74) is 0. The van der Waals surface area contributed by atoms with Gasteiger partial charge in [-0.3, -0.25) is 4.79 Å². The number of amides is 1. The van der Waals surface area contributed by atoms with Crippen LogP contribution in [0.3, 0.4) is 0 Å². The van der Waals surface area contributed by atoms with Crippen molar-refractivity contribution in [3.8, 4) is 28.5 Å². The maximum absolute atomic E-state index is 11.0. The second-order valence-electron chi connectivity index (χ2n) is 5.66. The Hall–Kier alpha value is -3.04. The number of methoxy groups -OCH3 is 1. The Labute approximate surface area is 156 Å². The van der Waals surface area contributed by atoms with Gasteiger partial charge in [-0.15, -0.1) is 0 Å². The molecule has 1 aromatic heterocycles. The minimum absolute atomic E-state index is 0.104. The first-order valence-corrected chi connectivity index (χ1v) is 8.85. The molecule has 0 aliphatic rings. The fourth-order valence-electron chi connectivity index (χ4n) is 2.38. The van der Waals surface area contributed by atoms with Crippen LogP contribution in [-0.2, 0) is 4.79 Å². The molecule has 0 spiro atoms. The summed E-state index contributed by atoms with van der Waals surface area (Å²) in [6.45, 7) is 3.30. The standard InChI is InChI=1S/C20H18N2O3S/c1-13(22-14(2)23)4-9-19-12-21-20(26-19)25-18-8-6-15-5-7-17(24-3)10-16(15)11-18/h5-8,10-13H,1-3H3,(H,22,23). The van der Waals surface area contributed by atoms with Gasteiger partial charge in [0.15, 0.2) is 0 Å². The molecule has 5 nitrogen and oxygen atoms in total. The molecular weight excluding hydrogens is 348 g/mol. The highest BCUT2D eigenvalue weighted by Gasteiger charge is 2.05. The minimum Gasteiger partial charge on any atom is -0.497 e. The van der Waals surface area contributed by atoms with Crippen molar-refractivity contribution in [2.75, 3.05) is 7.11 Å². The molecule has 2 aromatic carbocycles. The van der Waals surface area contributed by atoms with Gasteiger partial charge in [-0.05, 0) is 42.0 Å². The first-order chi connectivity index (χ1) is 12.5. The van der Waals surface area contributed by atoms with Gasteiger partial charge in [-0.2, -0.15) is 0 Å². The lowest BCUT2D eigenvalue weighted by Gasteiger charge is -2.05. The van der Waals surface area contributed by atoms with Crippen LogP contribution >= 0.6 is 11.3 Å². The van der Waals surface area contributed by atoms with Crippen molar-refractivity contribution in [2.45, 2.75) is 19.9 Å². The molecule has 1 heterocycles. The number of thiazole rings is 1. The number of hydrogen-bond acceptors (Lipinski definition) is 5. The minimum atomic E-state index is -0.213. The number of carbonyl (C=O) groups excluding carboxylic acids is 1. The monoisotopic (exact) mass is 366 g/mol. The number of hydrogen-bond donors (Lipinski definition) is 1. The van der Waals surface area contributed by atoms with Gasteiger partial charge in [0.2, 0.25) is 5.91 Å². The Bertz CT molecular complexity index is 1000. The van der Waals surface area contributed by atoms with E-state index < -0.39 is 0 Å². The van der Waals surface area contributed by atoms with Crippen molar-refractivity contribution >= 4 is 28.0 Å². The number of nitrogens with zero attached hydrogens (tertiary/aromatic N) is 1. The Morgan fingerprint density at radius 1 is 1.19 bits per heavy atom. The second-order valence-corrected chi connectivity index (χ2v) is 6.65. The van der Waals surface area contributed by atoms with E-state index in [1.807, 2.05) is 43.3 Å². The van der Waals surface area contributed by atoms with Crippen molar-refractivity contribution in [1.82, 2.24) is 10.3 Å². The molecule has 1 N–H and O–H groups in total. The number of ether oxygens (including phenoxy) is 2. The zero-order valence-electron chi connectivity index (χ0n) is 14.7. The molecule has 0 aliphatic carbocycles. The van der Waals surface area contributed by atoms with Crippen LogP contribution in [0.25, 0.3) is 10.8 Å². The highest BCUT2D eigenvalue weighted by Crippen LogP contribution is 2.30. The fourth-order valence-corrected chi connectivity index (χ4v) is 3.02. The molecular formula is C20H18N2O3S. The Balaban J connectivity index is 1.73. The van der Waals surface area contributed by atoms with Gasteiger partial charge < -0.3 is 14.8 Å². The highest BCUT2D eigenvalue weighted by molar-refractivity contribution is 7.13. The Morgan fingerprint density at radius 3 is 2.65 bits per heavy atom. The van der Waals surface area contributed by atoms with E-state index in [4.69, 9.17) is 9.47 Å². The normalized spacial score (nSPS) is 11.3. The van der Waals surface area contributed by atoms with Crippen LogP contribution in [0, 0.1) is 11.8 Å². The number of aromatic nitrogens is 1. The summed E-state index contributed by atoms with van der Waals surface area (Å²) < 4.78 is 11.1. The predicted octanol–water partition coefficient (Wildman–Crippen LogP) is 3.97. The number of benzene rings is 2. The summed E-state index contributed by atoms with van der Waals surface area (Å²) in [6, 6.07) is 11.5. The highest BCUT2D eigenvalue weighted by atomic mass is 32.1. The first-order valence-electron chi connectivity index (χ1n) is 8.03. The number of nitrogens with one attached hydrogen (secondary N) is 1. The number of rotatable bonds is 4. The molecule has 1 atom stereocenters. The molecule has 0 saturated heterocycles. The van der Waals surface area contributed by atoms with E-state index in [0.29, 0.717) is 10.9 Å². The predicted molar refractivity (Wildman–Crippen MR) is 103 cm³/mol. The van der Waals surface area contributed by atoms with Gasteiger partial charge in [0, 0.05) is 6.92 Å². The number of carbonyl (C=O) groups is 1. The lowest BCUT2D eigenvalue weighted by atomic mass is 10.1. The lowest BCUT2D eigenvalue weighted by molar-refractivity contribution is -0.119. The van der Waals surface area contributed by atoms with E-state index in [0.717, 1.165) is 21.4 Å². The van der Waals surface area contributed by atoms with E-state index >= 15 is 0 Å². The molecule has 3 rings (SSSR count). The van der Waals surface area contributed by atoms with Crippen LogP contribution in [0.2, 0.25) is 0 Å². The van der Waals surface area contributed by atoms with Gasteiger partial charge in [-0.25, -0.2) is 4.98 Å². The maximum atomic E-state index is 11.0. The summed E-state index contributed by atoms with van der Waals surface area (Å²) in [7, 11) is 1.65. The van der Waals surface area contributed by atoms with E-state index in [1.54, 1.807) is 13.3 Å². The molecule has 26 heavy (non-hydrogen) atoms. The van der Waals surface area contributed by atoms with Gasteiger partial charge in [0.1, 0.15) is 16.4 Å². The van der Waals surface area contributed by atoms with Crippen LogP contribution in [-0.4, -0.2) is 24.0 Å². The molecule has 132 valence electrons. The molecule has 0 aliphatic heterocycles. The molecule has 6 heteroatoms. The Morgan fingerprint density at radius 2 is 1.92 bits per heavy atom. The van der Waals surface area contributed by atoms with Crippen molar-refractivity contribution in [2.24, 2.45) is 0 Å². The quantitative estimate of drug-likeness (QED) is 0.710. The van der Waals surface area contributed by atoms with E-state index in [2.05, 4.69) is 22.1 Å². The summed E-state index contributed by atoms with van der Waals surface area (Å²) in [4.78, 5) is 16.0. The smallest absolute Gasteiger partial charge is 0.279 e. The molecule has 3 aromatic rings. The third-order valence-electron chi connectivity index (χ3n) is 3.54. The van der Waals surface area contributed by atoms with Gasteiger partial charge in [0.05, 0.1) is 19.3 Å². The van der Waals surface area contributed by atoms with Crippen LogP contribution in [0.5, 0.6) is 16.7 Å². The van der Waals surface area contributed by atoms with Crippen molar-refractivity contribution < 1.29 is 14.3 Å². The van der Waals surface area contributed by atoms with Crippen LogP contribution in [0.1, 0.15) is 18.7 Å². The molecule has 0 fully saturated rings. The van der Waals surface area contributed by atoms with Crippen LogP contribution in [0.15, 0.2) is 42.6 Å².